The summed E-state index contributed by atoms with van der Waals surface area (Å²) in [5.41, 5.74) is 2.74. The van der Waals surface area contributed by atoms with Gasteiger partial charge in [-0.3, -0.25) is 9.48 Å². The summed E-state index contributed by atoms with van der Waals surface area (Å²) in [4.78, 5) is 12.4. The number of aromatic nitrogens is 2. The van der Waals surface area contributed by atoms with Crippen LogP contribution in [0.4, 0.5) is 18.9 Å². The van der Waals surface area contributed by atoms with Crippen molar-refractivity contribution in [3.8, 4) is 0 Å². The van der Waals surface area contributed by atoms with Gasteiger partial charge in [0.05, 0.1) is 12.5 Å². The number of halogens is 3. The SMILES string of the molecule is Cc1cc(C(F)(F)F)nn1CC(C)C(=O)Nc1ccc2c(c1)CCC2. The fourth-order valence-corrected chi connectivity index (χ4v) is 3.09. The highest BCUT2D eigenvalue weighted by Crippen LogP contribution is 2.29. The number of rotatable bonds is 4. The van der Waals surface area contributed by atoms with Crippen molar-refractivity contribution >= 4 is 11.6 Å². The van der Waals surface area contributed by atoms with Gasteiger partial charge in [0.15, 0.2) is 5.69 Å². The molecular weight excluding hydrogens is 331 g/mol. The predicted octanol–water partition coefficient (Wildman–Crippen LogP) is 3.97. The Morgan fingerprint density at radius 1 is 1.28 bits per heavy atom. The van der Waals surface area contributed by atoms with Crippen molar-refractivity contribution in [1.29, 1.82) is 0 Å². The van der Waals surface area contributed by atoms with E-state index in [9.17, 15) is 18.0 Å². The van der Waals surface area contributed by atoms with Crippen molar-refractivity contribution < 1.29 is 18.0 Å². The van der Waals surface area contributed by atoms with Gasteiger partial charge in [-0.25, -0.2) is 0 Å². The summed E-state index contributed by atoms with van der Waals surface area (Å²) in [6.45, 7) is 3.32. The minimum atomic E-state index is -4.48. The molecule has 1 heterocycles. The Kier molecular flexibility index (Phi) is 4.58. The molecule has 0 fully saturated rings. The van der Waals surface area contributed by atoms with Gasteiger partial charge >= 0.3 is 6.18 Å². The summed E-state index contributed by atoms with van der Waals surface area (Å²) in [5.74, 6) is -0.741. The van der Waals surface area contributed by atoms with Gasteiger partial charge in [-0.15, -0.1) is 0 Å². The first kappa shape index (κ1) is 17.5. The molecule has 0 radical (unpaired) electrons. The van der Waals surface area contributed by atoms with Crippen LogP contribution in [0.1, 0.15) is 35.9 Å². The number of hydrogen-bond acceptors (Lipinski definition) is 2. The quantitative estimate of drug-likeness (QED) is 0.906. The zero-order valence-electron chi connectivity index (χ0n) is 14.2. The Labute approximate surface area is 144 Å². The van der Waals surface area contributed by atoms with E-state index < -0.39 is 17.8 Å². The number of carbonyl (C=O) groups is 1. The van der Waals surface area contributed by atoms with Crippen LogP contribution in [-0.4, -0.2) is 15.7 Å². The molecule has 0 saturated carbocycles. The van der Waals surface area contributed by atoms with Gasteiger partial charge in [0.2, 0.25) is 5.91 Å². The molecule has 1 aromatic carbocycles. The minimum absolute atomic E-state index is 0.0959. The normalized spacial score (nSPS) is 15.1. The van der Waals surface area contributed by atoms with Gasteiger partial charge < -0.3 is 5.32 Å². The van der Waals surface area contributed by atoms with Crippen LogP contribution in [0.5, 0.6) is 0 Å². The molecule has 1 atom stereocenters. The summed E-state index contributed by atoms with van der Waals surface area (Å²) in [6.07, 6.45) is -1.27. The summed E-state index contributed by atoms with van der Waals surface area (Å²) in [7, 11) is 0. The maximum Gasteiger partial charge on any atom is 0.435 e. The number of aryl methyl sites for hydroxylation is 3. The molecule has 1 N–H and O–H groups in total. The largest absolute Gasteiger partial charge is 0.435 e. The Morgan fingerprint density at radius 3 is 2.68 bits per heavy atom. The molecule has 1 aliphatic carbocycles. The third-order valence-corrected chi connectivity index (χ3v) is 4.53. The fraction of sp³-hybridized carbons (Fsp3) is 0.444. The van der Waals surface area contributed by atoms with E-state index in [-0.39, 0.29) is 12.5 Å². The molecular formula is C18H20F3N3O. The Morgan fingerprint density at radius 2 is 2.00 bits per heavy atom. The first-order valence-corrected chi connectivity index (χ1v) is 8.28. The van der Waals surface area contributed by atoms with Crippen molar-refractivity contribution in [3.63, 3.8) is 0 Å². The monoisotopic (exact) mass is 351 g/mol. The number of alkyl halides is 3. The van der Waals surface area contributed by atoms with Gasteiger partial charge in [-0.05, 0) is 55.5 Å². The molecule has 1 aromatic heterocycles. The highest BCUT2D eigenvalue weighted by atomic mass is 19.4. The number of anilines is 1. The van der Waals surface area contributed by atoms with E-state index in [1.807, 2.05) is 18.2 Å². The first-order chi connectivity index (χ1) is 11.7. The second kappa shape index (κ2) is 6.54. The zero-order chi connectivity index (χ0) is 18.2. The zero-order valence-corrected chi connectivity index (χ0v) is 14.2. The van der Waals surface area contributed by atoms with E-state index in [1.54, 1.807) is 13.8 Å². The van der Waals surface area contributed by atoms with Crippen LogP contribution in [0, 0.1) is 12.8 Å². The van der Waals surface area contributed by atoms with Crippen molar-refractivity contribution in [1.82, 2.24) is 9.78 Å². The molecule has 134 valence electrons. The predicted molar refractivity (Wildman–Crippen MR) is 88.2 cm³/mol. The summed E-state index contributed by atoms with van der Waals surface area (Å²) in [6, 6.07) is 6.87. The molecule has 3 rings (SSSR count). The molecule has 0 saturated heterocycles. The van der Waals surface area contributed by atoms with E-state index in [0.717, 1.165) is 31.0 Å². The van der Waals surface area contributed by atoms with Gasteiger partial charge in [0.25, 0.3) is 0 Å². The van der Waals surface area contributed by atoms with Crippen molar-refractivity contribution in [2.45, 2.75) is 45.8 Å². The Bertz CT molecular complexity index is 795. The van der Waals surface area contributed by atoms with Crippen molar-refractivity contribution in [2.75, 3.05) is 5.32 Å². The lowest BCUT2D eigenvalue weighted by Gasteiger charge is -2.14. The number of amides is 1. The number of nitrogens with one attached hydrogen (secondary N) is 1. The van der Waals surface area contributed by atoms with Crippen LogP contribution in [-0.2, 0) is 30.4 Å². The standard InChI is InChI=1S/C18H20F3N3O/c1-11(10-24-12(2)8-16(23-24)18(19,20)21)17(25)22-15-7-6-13-4-3-5-14(13)9-15/h6-9,11H,3-5,10H2,1-2H3,(H,22,25). The number of benzene rings is 1. The Balaban J connectivity index is 1.66. The van der Waals surface area contributed by atoms with Crippen molar-refractivity contribution in [3.05, 3.63) is 46.8 Å². The molecule has 1 unspecified atom stereocenters. The summed E-state index contributed by atoms with van der Waals surface area (Å²) in [5, 5.41) is 6.42. The lowest BCUT2D eigenvalue weighted by molar-refractivity contribution is -0.141. The molecule has 0 spiro atoms. The minimum Gasteiger partial charge on any atom is -0.326 e. The smallest absolute Gasteiger partial charge is 0.326 e. The second-order valence-corrected chi connectivity index (χ2v) is 6.58. The second-order valence-electron chi connectivity index (χ2n) is 6.58. The third-order valence-electron chi connectivity index (χ3n) is 4.53. The van der Waals surface area contributed by atoms with Gasteiger partial charge in [0.1, 0.15) is 0 Å². The lowest BCUT2D eigenvalue weighted by Crippen LogP contribution is -2.25. The van der Waals surface area contributed by atoms with E-state index in [2.05, 4.69) is 10.4 Å². The van der Waals surface area contributed by atoms with E-state index >= 15 is 0 Å². The molecule has 7 heteroatoms. The molecule has 4 nitrogen and oxygen atoms in total. The first-order valence-electron chi connectivity index (χ1n) is 8.28. The molecule has 25 heavy (non-hydrogen) atoms. The van der Waals surface area contributed by atoms with E-state index in [0.29, 0.717) is 5.69 Å². The molecule has 1 amide bonds. The van der Waals surface area contributed by atoms with Crippen molar-refractivity contribution in [2.24, 2.45) is 5.92 Å². The molecule has 1 aliphatic rings. The van der Waals surface area contributed by atoms with Crippen LogP contribution in [0.2, 0.25) is 0 Å². The van der Waals surface area contributed by atoms with Gasteiger partial charge in [-0.2, -0.15) is 18.3 Å². The Hall–Kier alpha value is -2.31. The van der Waals surface area contributed by atoms with E-state index in [4.69, 9.17) is 0 Å². The van der Waals surface area contributed by atoms with Gasteiger partial charge in [0, 0.05) is 11.4 Å². The fourth-order valence-electron chi connectivity index (χ4n) is 3.09. The topological polar surface area (TPSA) is 46.9 Å². The molecule has 0 bridgehead atoms. The summed E-state index contributed by atoms with van der Waals surface area (Å²) < 4.78 is 39.4. The average molecular weight is 351 g/mol. The number of hydrogen-bond donors (Lipinski definition) is 1. The summed E-state index contributed by atoms with van der Waals surface area (Å²) >= 11 is 0. The number of carbonyl (C=O) groups excluding carboxylic acids is 1. The van der Waals surface area contributed by atoms with Gasteiger partial charge in [-0.1, -0.05) is 13.0 Å². The average Bonchev–Trinajstić information content (AvgIpc) is 3.13. The molecule has 2 aromatic rings. The van der Waals surface area contributed by atoms with Crippen LogP contribution in [0.3, 0.4) is 0 Å². The highest BCUT2D eigenvalue weighted by molar-refractivity contribution is 5.92. The van der Waals surface area contributed by atoms with Crippen LogP contribution >= 0.6 is 0 Å². The van der Waals surface area contributed by atoms with Crippen LogP contribution < -0.4 is 5.32 Å². The third kappa shape index (κ3) is 3.86. The number of fused-ring (bicyclic) bond motifs is 1. The van der Waals surface area contributed by atoms with Crippen LogP contribution in [0.15, 0.2) is 24.3 Å². The maximum absolute atomic E-state index is 12.7. The highest BCUT2D eigenvalue weighted by Gasteiger charge is 2.34. The lowest BCUT2D eigenvalue weighted by atomic mass is 10.1. The van der Waals surface area contributed by atoms with E-state index in [1.165, 1.54) is 15.8 Å². The van der Waals surface area contributed by atoms with Crippen LogP contribution in [0.25, 0.3) is 0 Å². The number of nitrogens with zero attached hydrogens (tertiary/aromatic N) is 2. The maximum atomic E-state index is 12.7. The molecule has 0 aliphatic heterocycles.